The van der Waals surface area contributed by atoms with Gasteiger partial charge in [0.2, 0.25) is 5.91 Å². The fourth-order valence-corrected chi connectivity index (χ4v) is 5.90. The third kappa shape index (κ3) is 4.91. The number of piperidine rings is 1. The van der Waals surface area contributed by atoms with Crippen LogP contribution in [0.4, 0.5) is 0 Å². The van der Waals surface area contributed by atoms with Crippen LogP contribution in [0.15, 0.2) is 24.3 Å². The predicted octanol–water partition coefficient (Wildman–Crippen LogP) is 4.70. The highest BCUT2D eigenvalue weighted by Gasteiger charge is 2.36. The van der Waals surface area contributed by atoms with Gasteiger partial charge in [0, 0.05) is 30.1 Å². The number of hydrogen-bond donors (Lipinski definition) is 1. The minimum atomic E-state index is 0.190. The van der Waals surface area contributed by atoms with Gasteiger partial charge in [-0.05, 0) is 94.4 Å². The van der Waals surface area contributed by atoms with Crippen LogP contribution < -0.4 is 10.1 Å². The molecule has 2 amide bonds. The summed E-state index contributed by atoms with van der Waals surface area (Å²) in [6.07, 6.45) is 13.7. The average Bonchev–Trinajstić information content (AvgIpc) is 3.66. The number of carbonyl (C=O) groups excluding carboxylic acids is 2. The maximum absolute atomic E-state index is 13.2. The quantitative estimate of drug-likeness (QED) is 0.745. The number of benzene rings is 1. The average molecular weight is 425 g/mol. The molecule has 1 aliphatic heterocycles. The van der Waals surface area contributed by atoms with Crippen molar-refractivity contribution in [2.45, 2.75) is 95.2 Å². The molecule has 0 bridgehead atoms. The van der Waals surface area contributed by atoms with Gasteiger partial charge >= 0.3 is 0 Å². The number of hydrogen-bond acceptors (Lipinski definition) is 3. The van der Waals surface area contributed by atoms with Crippen molar-refractivity contribution in [3.05, 3.63) is 29.8 Å². The maximum Gasteiger partial charge on any atom is 0.254 e. The highest BCUT2D eigenvalue weighted by Crippen LogP contribution is 2.36. The standard InChI is InChI=1S/C26H36N2O3/c29-25(19-7-8-19)27-21-11-15-23(16-12-21)31-22-13-9-20(10-14-22)26(30)28-17-3-5-18-4-1-2-6-24(18)28/h9-10,13-14,18-19,21,23-24H,1-8,11-12,15-17H2,(H,27,29). The van der Waals surface area contributed by atoms with Crippen LogP contribution >= 0.6 is 0 Å². The van der Waals surface area contributed by atoms with Gasteiger partial charge in [-0.1, -0.05) is 12.8 Å². The Balaban J connectivity index is 1.12. The van der Waals surface area contributed by atoms with Crippen molar-refractivity contribution in [2.75, 3.05) is 6.54 Å². The Hall–Kier alpha value is -2.04. The molecule has 31 heavy (non-hydrogen) atoms. The van der Waals surface area contributed by atoms with Gasteiger partial charge < -0.3 is 15.0 Å². The Kier molecular flexibility index (Phi) is 6.20. The molecule has 5 heteroatoms. The van der Waals surface area contributed by atoms with Gasteiger partial charge in [0.25, 0.3) is 5.91 Å². The first-order valence-electron chi connectivity index (χ1n) is 12.6. The van der Waals surface area contributed by atoms with Gasteiger partial charge in [-0.15, -0.1) is 0 Å². The highest BCUT2D eigenvalue weighted by atomic mass is 16.5. The summed E-state index contributed by atoms with van der Waals surface area (Å²) in [5, 5.41) is 3.20. The summed E-state index contributed by atoms with van der Waals surface area (Å²) in [5.41, 5.74) is 0.782. The van der Waals surface area contributed by atoms with E-state index in [1.165, 1.54) is 32.1 Å². The van der Waals surface area contributed by atoms with Crippen LogP contribution in [-0.2, 0) is 4.79 Å². The molecule has 4 aliphatic rings. The molecule has 0 spiro atoms. The number of nitrogens with zero attached hydrogens (tertiary/aromatic N) is 1. The summed E-state index contributed by atoms with van der Waals surface area (Å²) in [7, 11) is 0. The first kappa shape index (κ1) is 20.8. The van der Waals surface area contributed by atoms with Gasteiger partial charge in [-0.2, -0.15) is 0 Å². The number of likely N-dealkylation sites (tertiary alicyclic amines) is 1. The number of rotatable bonds is 5. The van der Waals surface area contributed by atoms with Gasteiger partial charge in [0.1, 0.15) is 5.75 Å². The lowest BCUT2D eigenvalue weighted by Gasteiger charge is -2.44. The van der Waals surface area contributed by atoms with Crippen molar-refractivity contribution in [1.29, 1.82) is 0 Å². The van der Waals surface area contributed by atoms with E-state index in [-0.39, 0.29) is 23.8 Å². The SMILES string of the molecule is O=C(NC1CCC(Oc2ccc(C(=O)N3CCCC4CCCCC43)cc2)CC1)C1CC1. The van der Waals surface area contributed by atoms with E-state index in [1.807, 2.05) is 24.3 Å². The van der Waals surface area contributed by atoms with E-state index in [0.29, 0.717) is 18.0 Å². The topological polar surface area (TPSA) is 58.6 Å². The lowest BCUT2D eigenvalue weighted by molar-refractivity contribution is -0.123. The second-order valence-electron chi connectivity index (χ2n) is 10.2. The highest BCUT2D eigenvalue weighted by molar-refractivity contribution is 5.94. The molecule has 1 aromatic rings. The third-order valence-electron chi connectivity index (χ3n) is 7.88. The van der Waals surface area contributed by atoms with Crippen LogP contribution in [-0.4, -0.2) is 41.4 Å². The Bertz CT molecular complexity index is 778. The Morgan fingerprint density at radius 2 is 1.55 bits per heavy atom. The Morgan fingerprint density at radius 1 is 0.839 bits per heavy atom. The zero-order valence-electron chi connectivity index (χ0n) is 18.6. The van der Waals surface area contributed by atoms with Gasteiger partial charge in [-0.3, -0.25) is 9.59 Å². The number of carbonyl (C=O) groups is 2. The smallest absolute Gasteiger partial charge is 0.254 e. The third-order valence-corrected chi connectivity index (χ3v) is 7.88. The fraction of sp³-hybridized carbons (Fsp3) is 0.692. The van der Waals surface area contributed by atoms with E-state index in [4.69, 9.17) is 4.74 Å². The molecule has 4 fully saturated rings. The minimum Gasteiger partial charge on any atom is -0.490 e. The molecular formula is C26H36N2O3. The predicted molar refractivity (Wildman–Crippen MR) is 120 cm³/mol. The molecule has 0 aromatic heterocycles. The Labute approximate surface area is 185 Å². The van der Waals surface area contributed by atoms with E-state index in [1.54, 1.807) is 0 Å². The van der Waals surface area contributed by atoms with E-state index in [0.717, 1.165) is 62.8 Å². The van der Waals surface area contributed by atoms with E-state index in [9.17, 15) is 9.59 Å². The van der Waals surface area contributed by atoms with Crippen LogP contribution in [0.3, 0.4) is 0 Å². The minimum absolute atomic E-state index is 0.190. The van der Waals surface area contributed by atoms with E-state index < -0.39 is 0 Å². The summed E-state index contributed by atoms with van der Waals surface area (Å²) >= 11 is 0. The van der Waals surface area contributed by atoms with Crippen molar-refractivity contribution in [1.82, 2.24) is 10.2 Å². The summed E-state index contributed by atoms with van der Waals surface area (Å²) in [6.45, 7) is 0.902. The van der Waals surface area contributed by atoms with E-state index in [2.05, 4.69) is 10.2 Å². The number of amides is 2. The molecule has 0 radical (unpaired) electrons. The second-order valence-corrected chi connectivity index (χ2v) is 10.2. The molecular weight excluding hydrogens is 388 g/mol. The molecule has 1 N–H and O–H groups in total. The van der Waals surface area contributed by atoms with Crippen molar-refractivity contribution < 1.29 is 14.3 Å². The maximum atomic E-state index is 13.2. The van der Waals surface area contributed by atoms with Crippen molar-refractivity contribution in [2.24, 2.45) is 11.8 Å². The molecule has 3 aliphatic carbocycles. The summed E-state index contributed by atoms with van der Waals surface area (Å²) < 4.78 is 6.20. The zero-order chi connectivity index (χ0) is 21.2. The largest absolute Gasteiger partial charge is 0.490 e. The molecule has 1 aromatic carbocycles. The van der Waals surface area contributed by atoms with Crippen molar-refractivity contribution >= 4 is 11.8 Å². The van der Waals surface area contributed by atoms with Gasteiger partial charge in [0.05, 0.1) is 6.10 Å². The summed E-state index contributed by atoms with van der Waals surface area (Å²) in [4.78, 5) is 27.3. The molecule has 5 nitrogen and oxygen atoms in total. The van der Waals surface area contributed by atoms with Crippen LogP contribution in [0.1, 0.15) is 87.4 Å². The first-order chi connectivity index (χ1) is 15.2. The second kappa shape index (κ2) is 9.22. The van der Waals surface area contributed by atoms with Gasteiger partial charge in [0.15, 0.2) is 0 Å². The lowest BCUT2D eigenvalue weighted by Crippen LogP contribution is -2.49. The summed E-state index contributed by atoms with van der Waals surface area (Å²) in [5.74, 6) is 2.27. The fourth-order valence-electron chi connectivity index (χ4n) is 5.90. The number of nitrogens with one attached hydrogen (secondary N) is 1. The first-order valence-corrected chi connectivity index (χ1v) is 12.6. The molecule has 2 atom stereocenters. The molecule has 5 rings (SSSR count). The van der Waals surface area contributed by atoms with E-state index >= 15 is 0 Å². The number of fused-ring (bicyclic) bond motifs is 1. The molecule has 2 unspecified atom stereocenters. The molecule has 1 heterocycles. The monoisotopic (exact) mass is 424 g/mol. The van der Waals surface area contributed by atoms with Crippen LogP contribution in [0.5, 0.6) is 5.75 Å². The number of ether oxygens (including phenoxy) is 1. The molecule has 168 valence electrons. The summed E-state index contributed by atoms with van der Waals surface area (Å²) in [6, 6.07) is 8.53. The van der Waals surface area contributed by atoms with Crippen molar-refractivity contribution in [3.8, 4) is 5.75 Å². The zero-order valence-corrected chi connectivity index (χ0v) is 18.6. The van der Waals surface area contributed by atoms with Crippen LogP contribution in [0, 0.1) is 11.8 Å². The molecule has 3 saturated carbocycles. The molecule has 1 saturated heterocycles. The normalized spacial score (nSPS) is 30.9. The van der Waals surface area contributed by atoms with Crippen LogP contribution in [0.25, 0.3) is 0 Å². The van der Waals surface area contributed by atoms with Crippen LogP contribution in [0.2, 0.25) is 0 Å². The Morgan fingerprint density at radius 3 is 2.29 bits per heavy atom. The van der Waals surface area contributed by atoms with Gasteiger partial charge in [-0.25, -0.2) is 0 Å². The van der Waals surface area contributed by atoms with Crippen molar-refractivity contribution in [3.63, 3.8) is 0 Å². The lowest BCUT2D eigenvalue weighted by atomic mass is 9.78.